The molecule has 5 nitrogen and oxygen atoms in total. The minimum Gasteiger partial charge on any atom is -0.497 e. The maximum absolute atomic E-state index is 12.1. The molecule has 0 atom stereocenters. The normalized spacial score (nSPS) is 10.4. The average Bonchev–Trinajstić information content (AvgIpc) is 2.64. The van der Waals surface area contributed by atoms with Crippen LogP contribution in [0.15, 0.2) is 65.5 Å². The van der Waals surface area contributed by atoms with Crippen LogP contribution in [-0.2, 0) is 6.54 Å². The lowest BCUT2D eigenvalue weighted by molar-refractivity contribution is 0.414. The van der Waals surface area contributed by atoms with Gasteiger partial charge in [-0.2, -0.15) is 5.10 Å². The molecule has 5 heteroatoms. The fourth-order valence-corrected chi connectivity index (χ4v) is 2.40. The number of hydrogen-bond donors (Lipinski definition) is 0. The van der Waals surface area contributed by atoms with E-state index in [1.54, 1.807) is 20.3 Å². The molecule has 0 saturated heterocycles. The molecule has 2 aromatic carbocycles. The summed E-state index contributed by atoms with van der Waals surface area (Å²) in [4.78, 5) is 12.1. The predicted molar refractivity (Wildman–Crippen MR) is 92.6 cm³/mol. The standard InChI is InChI=1S/C19H18N2O3/c1-23-16-8-6-14(7-9-16)13-21-19(22)11-10-18(20-21)15-4-3-5-17(12-15)24-2/h3-12H,13H2,1-2H3. The molecule has 0 saturated carbocycles. The first-order chi connectivity index (χ1) is 11.7. The van der Waals surface area contributed by atoms with E-state index in [9.17, 15) is 4.79 Å². The number of ether oxygens (including phenoxy) is 2. The van der Waals surface area contributed by atoms with Gasteiger partial charge < -0.3 is 9.47 Å². The number of benzene rings is 2. The van der Waals surface area contributed by atoms with Crippen LogP contribution < -0.4 is 15.0 Å². The maximum atomic E-state index is 12.1. The molecule has 0 aliphatic rings. The predicted octanol–water partition coefficient (Wildman–Crippen LogP) is 2.98. The van der Waals surface area contributed by atoms with Crippen molar-refractivity contribution in [3.05, 3.63) is 76.6 Å². The summed E-state index contributed by atoms with van der Waals surface area (Å²) in [5.41, 5.74) is 2.46. The Hall–Kier alpha value is -3.08. The summed E-state index contributed by atoms with van der Waals surface area (Å²) in [5.74, 6) is 1.53. The molecular weight excluding hydrogens is 304 g/mol. The number of aromatic nitrogens is 2. The van der Waals surface area contributed by atoms with Gasteiger partial charge in [0.2, 0.25) is 0 Å². The molecule has 1 aromatic heterocycles. The first-order valence-corrected chi connectivity index (χ1v) is 7.55. The number of hydrogen-bond acceptors (Lipinski definition) is 4. The number of rotatable bonds is 5. The smallest absolute Gasteiger partial charge is 0.267 e. The van der Waals surface area contributed by atoms with E-state index in [4.69, 9.17) is 9.47 Å². The Balaban J connectivity index is 1.92. The van der Waals surface area contributed by atoms with Crippen molar-refractivity contribution in [3.63, 3.8) is 0 Å². The van der Waals surface area contributed by atoms with Crippen LogP contribution >= 0.6 is 0 Å². The van der Waals surface area contributed by atoms with Crippen LogP contribution in [0.1, 0.15) is 5.56 Å². The van der Waals surface area contributed by atoms with E-state index in [1.165, 1.54) is 10.7 Å². The van der Waals surface area contributed by atoms with Crippen LogP contribution in [0, 0.1) is 0 Å². The summed E-state index contributed by atoms with van der Waals surface area (Å²) in [6.45, 7) is 0.403. The van der Waals surface area contributed by atoms with Crippen LogP contribution in [-0.4, -0.2) is 24.0 Å². The van der Waals surface area contributed by atoms with Gasteiger partial charge in [-0.3, -0.25) is 4.79 Å². The van der Waals surface area contributed by atoms with Gasteiger partial charge in [-0.1, -0.05) is 24.3 Å². The second-order valence-corrected chi connectivity index (χ2v) is 5.29. The van der Waals surface area contributed by atoms with Gasteiger partial charge in [0, 0.05) is 11.6 Å². The van der Waals surface area contributed by atoms with E-state index >= 15 is 0 Å². The molecule has 0 aliphatic heterocycles. The Bertz CT molecular complexity index is 886. The molecule has 0 aliphatic carbocycles. The van der Waals surface area contributed by atoms with Gasteiger partial charge in [-0.25, -0.2) is 4.68 Å². The maximum Gasteiger partial charge on any atom is 0.267 e. The highest BCUT2D eigenvalue weighted by Crippen LogP contribution is 2.21. The Morgan fingerprint density at radius 3 is 2.38 bits per heavy atom. The molecule has 0 N–H and O–H groups in total. The lowest BCUT2D eigenvalue weighted by Gasteiger charge is -2.09. The molecule has 122 valence electrons. The molecule has 3 rings (SSSR count). The summed E-state index contributed by atoms with van der Waals surface area (Å²) in [7, 11) is 3.25. The monoisotopic (exact) mass is 322 g/mol. The zero-order valence-electron chi connectivity index (χ0n) is 13.6. The minimum atomic E-state index is -0.141. The molecule has 0 radical (unpaired) electrons. The third-order valence-corrected chi connectivity index (χ3v) is 3.72. The third-order valence-electron chi connectivity index (χ3n) is 3.72. The molecule has 0 spiro atoms. The van der Waals surface area contributed by atoms with Crippen LogP contribution in [0.4, 0.5) is 0 Å². The quantitative estimate of drug-likeness (QED) is 0.725. The molecule has 0 bridgehead atoms. The summed E-state index contributed by atoms with van der Waals surface area (Å²) in [6, 6.07) is 18.4. The molecule has 24 heavy (non-hydrogen) atoms. The first-order valence-electron chi connectivity index (χ1n) is 7.55. The zero-order valence-corrected chi connectivity index (χ0v) is 13.6. The topological polar surface area (TPSA) is 53.4 Å². The highest BCUT2D eigenvalue weighted by Gasteiger charge is 2.06. The van der Waals surface area contributed by atoms with E-state index in [0.29, 0.717) is 6.54 Å². The molecule has 0 fully saturated rings. The van der Waals surface area contributed by atoms with E-state index in [1.807, 2.05) is 48.5 Å². The van der Waals surface area contributed by atoms with E-state index in [-0.39, 0.29) is 5.56 Å². The van der Waals surface area contributed by atoms with Gasteiger partial charge in [0.15, 0.2) is 0 Å². The van der Waals surface area contributed by atoms with Crippen LogP contribution in [0.5, 0.6) is 11.5 Å². The summed E-state index contributed by atoms with van der Waals surface area (Å²) in [6.07, 6.45) is 0. The summed E-state index contributed by atoms with van der Waals surface area (Å²) in [5, 5.41) is 4.47. The Morgan fingerprint density at radius 2 is 1.67 bits per heavy atom. The highest BCUT2D eigenvalue weighted by atomic mass is 16.5. The SMILES string of the molecule is COc1ccc(Cn2nc(-c3cccc(OC)c3)ccc2=O)cc1. The molecule has 0 amide bonds. The summed E-state index contributed by atoms with van der Waals surface area (Å²) >= 11 is 0. The average molecular weight is 322 g/mol. The van der Waals surface area contributed by atoms with Crippen molar-refractivity contribution in [3.8, 4) is 22.8 Å². The van der Waals surface area contributed by atoms with E-state index in [0.717, 1.165) is 28.3 Å². The van der Waals surface area contributed by atoms with Gasteiger partial charge in [0.25, 0.3) is 5.56 Å². The van der Waals surface area contributed by atoms with Crippen molar-refractivity contribution in [1.29, 1.82) is 0 Å². The Labute approximate surface area is 140 Å². The van der Waals surface area contributed by atoms with Gasteiger partial charge >= 0.3 is 0 Å². The van der Waals surface area contributed by atoms with Crippen LogP contribution in [0.3, 0.4) is 0 Å². The van der Waals surface area contributed by atoms with E-state index < -0.39 is 0 Å². The molecule has 3 aromatic rings. The van der Waals surface area contributed by atoms with Gasteiger partial charge in [0.1, 0.15) is 11.5 Å². The lowest BCUT2D eigenvalue weighted by atomic mass is 10.1. The zero-order chi connectivity index (χ0) is 16.9. The Morgan fingerprint density at radius 1 is 0.917 bits per heavy atom. The number of nitrogens with zero attached hydrogens (tertiary/aromatic N) is 2. The van der Waals surface area contributed by atoms with Crippen molar-refractivity contribution in [1.82, 2.24) is 9.78 Å². The number of methoxy groups -OCH3 is 2. The van der Waals surface area contributed by atoms with Gasteiger partial charge in [-0.15, -0.1) is 0 Å². The van der Waals surface area contributed by atoms with Crippen molar-refractivity contribution < 1.29 is 9.47 Å². The van der Waals surface area contributed by atoms with Crippen molar-refractivity contribution in [2.45, 2.75) is 6.54 Å². The third kappa shape index (κ3) is 3.46. The largest absolute Gasteiger partial charge is 0.497 e. The Kier molecular flexibility index (Phi) is 4.61. The van der Waals surface area contributed by atoms with Crippen LogP contribution in [0.25, 0.3) is 11.3 Å². The van der Waals surface area contributed by atoms with Crippen molar-refractivity contribution in [2.24, 2.45) is 0 Å². The highest BCUT2D eigenvalue weighted by molar-refractivity contribution is 5.60. The molecule has 0 unspecified atom stereocenters. The van der Waals surface area contributed by atoms with Crippen molar-refractivity contribution >= 4 is 0 Å². The lowest BCUT2D eigenvalue weighted by Crippen LogP contribution is -2.22. The first kappa shape index (κ1) is 15.8. The second kappa shape index (κ2) is 7.00. The fraction of sp³-hybridized carbons (Fsp3) is 0.158. The van der Waals surface area contributed by atoms with Crippen molar-refractivity contribution in [2.75, 3.05) is 14.2 Å². The van der Waals surface area contributed by atoms with E-state index in [2.05, 4.69) is 5.10 Å². The molecular formula is C19H18N2O3. The minimum absolute atomic E-state index is 0.141. The molecule has 1 heterocycles. The summed E-state index contributed by atoms with van der Waals surface area (Å²) < 4.78 is 11.8. The second-order valence-electron chi connectivity index (χ2n) is 5.29. The van der Waals surface area contributed by atoms with Gasteiger partial charge in [0.05, 0.1) is 26.5 Å². The fourth-order valence-electron chi connectivity index (χ4n) is 2.40. The van der Waals surface area contributed by atoms with Gasteiger partial charge in [-0.05, 0) is 35.9 Å². The van der Waals surface area contributed by atoms with Crippen LogP contribution in [0.2, 0.25) is 0 Å².